The summed E-state index contributed by atoms with van der Waals surface area (Å²) in [6.07, 6.45) is 1.49. The molecular formula is C31H29ClN2O5. The maximum absolute atomic E-state index is 12.7. The van der Waals surface area contributed by atoms with Crippen molar-refractivity contribution >= 4 is 23.7 Å². The van der Waals surface area contributed by atoms with Crippen LogP contribution in [0.25, 0.3) is 0 Å². The van der Waals surface area contributed by atoms with E-state index in [4.69, 9.17) is 30.5 Å². The monoisotopic (exact) mass is 544 g/mol. The van der Waals surface area contributed by atoms with Crippen LogP contribution in [0.5, 0.6) is 23.0 Å². The predicted molar refractivity (Wildman–Crippen MR) is 152 cm³/mol. The standard InChI is InChI=1S/C31H29ClN2O5/c1-3-37-29-17-24(16-26(32)30(29)39-21-23-12-8-5-9-13-23)19-33-34-31(35)25-14-15-27(28(18-25)36-2)38-20-22-10-6-4-7-11-22/h4-19H,3,20-21H2,1-2H3,(H,34,35)/b33-19+. The number of nitrogens with zero attached hydrogens (tertiary/aromatic N) is 1. The van der Waals surface area contributed by atoms with Gasteiger partial charge in [-0.25, -0.2) is 5.43 Å². The third-order valence-electron chi connectivity index (χ3n) is 5.60. The molecule has 0 unspecified atom stereocenters. The van der Waals surface area contributed by atoms with Crippen molar-refractivity contribution in [3.63, 3.8) is 0 Å². The molecule has 0 bridgehead atoms. The number of hydrogen-bond acceptors (Lipinski definition) is 6. The summed E-state index contributed by atoms with van der Waals surface area (Å²) in [7, 11) is 1.53. The number of carbonyl (C=O) groups is 1. The van der Waals surface area contributed by atoms with Crippen molar-refractivity contribution in [2.24, 2.45) is 5.10 Å². The lowest BCUT2D eigenvalue weighted by Gasteiger charge is -2.14. The summed E-state index contributed by atoms with van der Waals surface area (Å²) < 4.78 is 23.0. The SMILES string of the molecule is CCOc1cc(/C=N/NC(=O)c2ccc(OCc3ccccc3)c(OC)c2)cc(Cl)c1OCc1ccccc1. The minimum absolute atomic E-state index is 0.351. The number of halogens is 1. The molecule has 0 heterocycles. The van der Waals surface area contributed by atoms with Crippen molar-refractivity contribution in [2.45, 2.75) is 20.1 Å². The third-order valence-corrected chi connectivity index (χ3v) is 5.88. The molecule has 0 aliphatic rings. The van der Waals surface area contributed by atoms with Gasteiger partial charge in [0.05, 0.1) is 25.0 Å². The maximum Gasteiger partial charge on any atom is 0.271 e. The second kappa shape index (κ2) is 13.9. The van der Waals surface area contributed by atoms with Crippen LogP contribution >= 0.6 is 11.6 Å². The van der Waals surface area contributed by atoms with Gasteiger partial charge in [-0.1, -0.05) is 72.3 Å². The van der Waals surface area contributed by atoms with E-state index in [0.717, 1.165) is 11.1 Å². The highest BCUT2D eigenvalue weighted by Gasteiger charge is 2.14. The second-order valence-electron chi connectivity index (χ2n) is 8.38. The summed E-state index contributed by atoms with van der Waals surface area (Å²) in [4.78, 5) is 12.7. The van der Waals surface area contributed by atoms with Gasteiger partial charge in [0, 0.05) is 5.56 Å². The van der Waals surface area contributed by atoms with E-state index in [2.05, 4.69) is 10.5 Å². The fraction of sp³-hybridized carbons (Fsp3) is 0.161. The number of methoxy groups -OCH3 is 1. The Morgan fingerprint density at radius 1 is 0.821 bits per heavy atom. The van der Waals surface area contributed by atoms with Crippen molar-refractivity contribution in [1.82, 2.24) is 5.43 Å². The molecule has 39 heavy (non-hydrogen) atoms. The van der Waals surface area contributed by atoms with Crippen LogP contribution in [0.1, 0.15) is 34.0 Å². The van der Waals surface area contributed by atoms with Gasteiger partial charge in [0.15, 0.2) is 23.0 Å². The van der Waals surface area contributed by atoms with Gasteiger partial charge in [0.25, 0.3) is 5.91 Å². The highest BCUT2D eigenvalue weighted by Crippen LogP contribution is 2.37. The molecule has 0 saturated carbocycles. The summed E-state index contributed by atoms with van der Waals surface area (Å²) in [5.74, 6) is 1.52. The van der Waals surface area contributed by atoms with Crippen molar-refractivity contribution in [1.29, 1.82) is 0 Å². The van der Waals surface area contributed by atoms with E-state index in [1.54, 1.807) is 30.3 Å². The van der Waals surface area contributed by atoms with E-state index >= 15 is 0 Å². The highest BCUT2D eigenvalue weighted by atomic mass is 35.5. The lowest BCUT2D eigenvalue weighted by molar-refractivity contribution is 0.0954. The van der Waals surface area contributed by atoms with E-state index < -0.39 is 5.91 Å². The predicted octanol–water partition coefficient (Wildman–Crippen LogP) is 6.67. The van der Waals surface area contributed by atoms with Crippen LogP contribution in [0.15, 0.2) is 96.1 Å². The minimum Gasteiger partial charge on any atom is -0.493 e. The van der Waals surface area contributed by atoms with Crippen molar-refractivity contribution in [3.05, 3.63) is 118 Å². The summed E-state index contributed by atoms with van der Waals surface area (Å²) >= 11 is 6.51. The number of hydrogen-bond donors (Lipinski definition) is 1. The Kier molecular flexibility index (Phi) is 9.80. The molecule has 0 radical (unpaired) electrons. The van der Waals surface area contributed by atoms with Gasteiger partial charge in [-0.05, 0) is 53.9 Å². The van der Waals surface area contributed by atoms with Crippen LogP contribution in [-0.4, -0.2) is 25.8 Å². The van der Waals surface area contributed by atoms with Crippen LogP contribution in [0.4, 0.5) is 0 Å². The Morgan fingerprint density at radius 3 is 2.13 bits per heavy atom. The number of rotatable bonds is 12. The summed E-state index contributed by atoms with van der Waals surface area (Å²) in [5, 5.41) is 4.46. The molecule has 4 aromatic carbocycles. The number of benzene rings is 4. The zero-order valence-corrected chi connectivity index (χ0v) is 22.5. The van der Waals surface area contributed by atoms with E-state index in [0.29, 0.717) is 59.0 Å². The smallest absolute Gasteiger partial charge is 0.271 e. The summed E-state index contributed by atoms with van der Waals surface area (Å²) in [5.41, 5.74) is 5.57. The number of hydrazone groups is 1. The van der Waals surface area contributed by atoms with Crippen LogP contribution < -0.4 is 24.4 Å². The fourth-order valence-corrected chi connectivity index (χ4v) is 3.96. The van der Waals surface area contributed by atoms with Gasteiger partial charge < -0.3 is 18.9 Å². The third kappa shape index (κ3) is 7.75. The van der Waals surface area contributed by atoms with E-state index in [1.807, 2.05) is 67.6 Å². The molecule has 4 aromatic rings. The first-order chi connectivity index (χ1) is 19.1. The molecule has 200 valence electrons. The lowest BCUT2D eigenvalue weighted by atomic mass is 10.2. The van der Waals surface area contributed by atoms with Crippen LogP contribution in [0.3, 0.4) is 0 Å². The molecule has 0 aliphatic carbocycles. The first kappa shape index (κ1) is 27.5. The van der Waals surface area contributed by atoms with Gasteiger partial charge in [0.1, 0.15) is 13.2 Å². The lowest BCUT2D eigenvalue weighted by Crippen LogP contribution is -2.17. The molecule has 8 heteroatoms. The van der Waals surface area contributed by atoms with Crippen LogP contribution in [0.2, 0.25) is 5.02 Å². The van der Waals surface area contributed by atoms with E-state index in [-0.39, 0.29) is 0 Å². The zero-order chi connectivity index (χ0) is 27.5. The summed E-state index contributed by atoms with van der Waals surface area (Å²) in [6, 6.07) is 28.0. The van der Waals surface area contributed by atoms with Gasteiger partial charge in [0.2, 0.25) is 0 Å². The molecule has 0 saturated heterocycles. The molecule has 0 fully saturated rings. The Balaban J connectivity index is 1.40. The molecule has 7 nitrogen and oxygen atoms in total. The number of ether oxygens (including phenoxy) is 4. The van der Waals surface area contributed by atoms with Crippen molar-refractivity contribution in [3.8, 4) is 23.0 Å². The Morgan fingerprint density at radius 2 is 1.49 bits per heavy atom. The minimum atomic E-state index is -0.405. The largest absolute Gasteiger partial charge is 0.493 e. The van der Waals surface area contributed by atoms with Gasteiger partial charge in [-0.3, -0.25) is 4.79 Å². The molecule has 0 atom stereocenters. The normalized spacial score (nSPS) is 10.7. The van der Waals surface area contributed by atoms with Crippen LogP contribution in [0, 0.1) is 0 Å². The first-order valence-electron chi connectivity index (χ1n) is 12.4. The molecular weight excluding hydrogens is 516 g/mol. The van der Waals surface area contributed by atoms with E-state index in [1.165, 1.54) is 13.3 Å². The van der Waals surface area contributed by atoms with Crippen molar-refractivity contribution in [2.75, 3.05) is 13.7 Å². The first-order valence-corrected chi connectivity index (χ1v) is 12.8. The Bertz CT molecular complexity index is 1410. The Labute approximate surface area is 232 Å². The molecule has 0 aromatic heterocycles. The number of nitrogens with one attached hydrogen (secondary N) is 1. The quantitative estimate of drug-likeness (QED) is 0.159. The molecule has 4 rings (SSSR count). The van der Waals surface area contributed by atoms with Gasteiger partial charge in [-0.2, -0.15) is 5.10 Å². The number of amides is 1. The van der Waals surface area contributed by atoms with Crippen molar-refractivity contribution < 1.29 is 23.7 Å². The average Bonchev–Trinajstić information content (AvgIpc) is 2.96. The topological polar surface area (TPSA) is 78.4 Å². The molecule has 1 amide bonds. The van der Waals surface area contributed by atoms with E-state index in [9.17, 15) is 4.79 Å². The fourth-order valence-electron chi connectivity index (χ4n) is 3.69. The highest BCUT2D eigenvalue weighted by molar-refractivity contribution is 6.32. The molecule has 0 aliphatic heterocycles. The number of carbonyl (C=O) groups excluding carboxylic acids is 1. The maximum atomic E-state index is 12.7. The zero-order valence-electron chi connectivity index (χ0n) is 21.7. The van der Waals surface area contributed by atoms with Crippen LogP contribution in [-0.2, 0) is 13.2 Å². The molecule has 1 N–H and O–H groups in total. The summed E-state index contributed by atoms with van der Waals surface area (Å²) in [6.45, 7) is 3.05. The second-order valence-corrected chi connectivity index (χ2v) is 8.78. The molecule has 0 spiro atoms. The average molecular weight is 545 g/mol. The van der Waals surface area contributed by atoms with Gasteiger partial charge >= 0.3 is 0 Å². The Hall–Kier alpha value is -4.49. The van der Waals surface area contributed by atoms with Gasteiger partial charge in [-0.15, -0.1) is 0 Å².